The fourth-order valence-electron chi connectivity index (χ4n) is 4.23. The molecule has 0 aliphatic carbocycles. The van der Waals surface area contributed by atoms with Crippen LogP contribution in [0.25, 0.3) is 0 Å². The minimum atomic E-state index is -1.40. The van der Waals surface area contributed by atoms with Gasteiger partial charge < -0.3 is 19.1 Å². The van der Waals surface area contributed by atoms with Crippen molar-refractivity contribution in [2.75, 3.05) is 26.3 Å². The second kappa shape index (κ2) is 11.3. The number of rotatable bonds is 8. The third kappa shape index (κ3) is 7.04. The molecule has 1 N–H and O–H groups in total. The molecule has 10 heteroatoms. The number of hydrogen-bond donors (Lipinski definition) is 1. The van der Waals surface area contributed by atoms with Gasteiger partial charge in [0.1, 0.15) is 18.2 Å². The summed E-state index contributed by atoms with van der Waals surface area (Å²) in [6, 6.07) is 2.37. The molecule has 0 spiro atoms. The second-order valence-electron chi connectivity index (χ2n) is 10.4. The number of piperidine rings is 1. The normalized spacial score (nSPS) is 22.6. The largest absolute Gasteiger partial charge is 0.489 e. The van der Waals surface area contributed by atoms with Gasteiger partial charge in [0.2, 0.25) is 0 Å². The number of benzene rings is 1. The summed E-state index contributed by atoms with van der Waals surface area (Å²) in [6.45, 7) is 14.3. The smallest absolute Gasteiger partial charge is 0.254 e. The zero-order chi connectivity index (χ0) is 26.0. The Bertz CT molecular complexity index is 960. The van der Waals surface area contributed by atoms with E-state index < -0.39 is 39.5 Å². The van der Waals surface area contributed by atoms with Gasteiger partial charge in [0, 0.05) is 24.7 Å². The zero-order valence-electron chi connectivity index (χ0n) is 21.1. The first kappa shape index (κ1) is 28.1. The summed E-state index contributed by atoms with van der Waals surface area (Å²) in [6.07, 6.45) is 2.26. The topological polar surface area (TPSA) is 77.1 Å². The van der Waals surface area contributed by atoms with Crippen LogP contribution in [0.1, 0.15) is 59.1 Å². The minimum absolute atomic E-state index is 0.00939. The Morgan fingerprint density at radius 2 is 2.06 bits per heavy atom. The molecule has 7 nitrogen and oxygen atoms in total. The number of nitrogens with zero attached hydrogens (tertiary/aromatic N) is 1. The van der Waals surface area contributed by atoms with Crippen LogP contribution in [-0.2, 0) is 25.3 Å². The van der Waals surface area contributed by atoms with Gasteiger partial charge in [0.25, 0.3) is 5.91 Å². The molecule has 0 bridgehead atoms. The average Bonchev–Trinajstić information content (AvgIpc) is 3.16. The molecule has 1 amide bonds. The van der Waals surface area contributed by atoms with E-state index in [1.807, 2.05) is 20.8 Å². The SMILES string of the molecule is C=CCOc1cc(F)c(Cl)cc1[C@H](N[S@@](=O)C(C)(C)C)C1CCN(C(=O)[C@H]2COC(C)(C)O2)CC1. The predicted molar refractivity (Wildman–Crippen MR) is 135 cm³/mol. The summed E-state index contributed by atoms with van der Waals surface area (Å²) in [5.41, 5.74) is 0.634. The molecule has 35 heavy (non-hydrogen) atoms. The van der Waals surface area contributed by atoms with E-state index in [4.69, 9.17) is 25.8 Å². The lowest BCUT2D eigenvalue weighted by molar-refractivity contribution is -0.161. The highest BCUT2D eigenvalue weighted by Crippen LogP contribution is 2.39. The molecule has 2 fully saturated rings. The van der Waals surface area contributed by atoms with Crippen molar-refractivity contribution in [3.63, 3.8) is 0 Å². The average molecular weight is 531 g/mol. The lowest BCUT2D eigenvalue weighted by Gasteiger charge is -2.38. The monoisotopic (exact) mass is 530 g/mol. The van der Waals surface area contributed by atoms with Crippen molar-refractivity contribution in [3.05, 3.63) is 41.2 Å². The third-order valence-corrected chi connectivity index (χ3v) is 8.01. The highest BCUT2D eigenvalue weighted by Gasteiger charge is 2.41. The second-order valence-corrected chi connectivity index (χ2v) is 12.8. The van der Waals surface area contributed by atoms with E-state index in [1.54, 1.807) is 24.8 Å². The van der Waals surface area contributed by atoms with E-state index in [1.165, 1.54) is 12.1 Å². The van der Waals surface area contributed by atoms with Crippen molar-refractivity contribution >= 4 is 28.5 Å². The van der Waals surface area contributed by atoms with Crippen LogP contribution in [0.5, 0.6) is 5.75 Å². The molecular weight excluding hydrogens is 495 g/mol. The number of amides is 1. The maximum absolute atomic E-state index is 14.3. The van der Waals surface area contributed by atoms with Crippen LogP contribution in [0.3, 0.4) is 0 Å². The summed E-state index contributed by atoms with van der Waals surface area (Å²) in [4.78, 5) is 14.8. The lowest BCUT2D eigenvalue weighted by Crippen LogP contribution is -2.47. The molecule has 0 saturated carbocycles. The molecule has 1 aromatic carbocycles. The maximum Gasteiger partial charge on any atom is 0.254 e. The fraction of sp³-hybridized carbons (Fsp3) is 0.640. The quantitative estimate of drug-likeness (QED) is 0.500. The molecule has 2 aliphatic rings. The number of likely N-dealkylation sites (tertiary alicyclic amines) is 1. The van der Waals surface area contributed by atoms with Gasteiger partial charge in [-0.15, -0.1) is 0 Å². The lowest BCUT2D eigenvalue weighted by atomic mass is 9.85. The van der Waals surface area contributed by atoms with E-state index in [-0.39, 0.29) is 30.1 Å². The fourth-order valence-corrected chi connectivity index (χ4v) is 5.31. The summed E-state index contributed by atoms with van der Waals surface area (Å²) < 4.78 is 47.2. The number of nitrogens with one attached hydrogen (secondary N) is 1. The number of halogens is 2. The number of carbonyl (C=O) groups excluding carboxylic acids is 1. The first-order valence-corrected chi connectivity index (χ1v) is 13.4. The molecule has 3 rings (SSSR count). The van der Waals surface area contributed by atoms with Crippen molar-refractivity contribution in [2.45, 2.75) is 70.1 Å². The summed E-state index contributed by atoms with van der Waals surface area (Å²) in [7, 11) is -1.40. The number of hydrogen-bond acceptors (Lipinski definition) is 5. The highest BCUT2D eigenvalue weighted by atomic mass is 35.5. The van der Waals surface area contributed by atoms with Crippen molar-refractivity contribution < 1.29 is 27.6 Å². The van der Waals surface area contributed by atoms with E-state index in [9.17, 15) is 13.4 Å². The van der Waals surface area contributed by atoms with Crippen molar-refractivity contribution in [1.29, 1.82) is 0 Å². The van der Waals surface area contributed by atoms with Gasteiger partial charge in [-0.25, -0.2) is 13.3 Å². The van der Waals surface area contributed by atoms with Crippen LogP contribution >= 0.6 is 11.6 Å². The van der Waals surface area contributed by atoms with E-state index in [0.29, 0.717) is 37.2 Å². The number of ether oxygens (including phenoxy) is 3. The van der Waals surface area contributed by atoms with Crippen LogP contribution < -0.4 is 9.46 Å². The van der Waals surface area contributed by atoms with Crippen molar-refractivity contribution in [2.24, 2.45) is 5.92 Å². The van der Waals surface area contributed by atoms with Crippen molar-refractivity contribution in [1.82, 2.24) is 9.62 Å². The minimum Gasteiger partial charge on any atom is -0.489 e. The number of carbonyl (C=O) groups is 1. The Hall–Kier alpha value is -1.52. The van der Waals surface area contributed by atoms with Crippen LogP contribution in [0.2, 0.25) is 5.02 Å². The van der Waals surface area contributed by atoms with Gasteiger partial charge in [-0.05, 0) is 59.4 Å². The Labute approximate surface area is 214 Å². The van der Waals surface area contributed by atoms with Crippen LogP contribution in [0, 0.1) is 11.7 Å². The molecule has 3 atom stereocenters. The van der Waals surface area contributed by atoms with Gasteiger partial charge in [0.15, 0.2) is 11.9 Å². The van der Waals surface area contributed by atoms with E-state index >= 15 is 0 Å². The summed E-state index contributed by atoms with van der Waals surface area (Å²) in [5, 5.41) is -0.0343. The van der Waals surface area contributed by atoms with Gasteiger partial charge in [0.05, 0.1) is 33.4 Å². The predicted octanol–water partition coefficient (Wildman–Crippen LogP) is 4.53. The molecule has 0 radical (unpaired) electrons. The Kier molecular flexibility index (Phi) is 9.02. The summed E-state index contributed by atoms with van der Waals surface area (Å²) in [5.74, 6) is -1.11. The van der Waals surface area contributed by atoms with Crippen molar-refractivity contribution in [3.8, 4) is 5.75 Å². The van der Waals surface area contributed by atoms with Gasteiger partial charge in [-0.2, -0.15) is 0 Å². The molecule has 0 aromatic heterocycles. The summed E-state index contributed by atoms with van der Waals surface area (Å²) >= 11 is 6.16. The van der Waals surface area contributed by atoms with E-state index in [2.05, 4.69) is 11.3 Å². The Balaban J connectivity index is 1.83. The molecule has 1 aromatic rings. The standard InChI is InChI=1S/C25H36ClFN2O5S/c1-7-12-32-20-14-19(27)18(26)13-17(20)22(28-35(31)24(2,3)4)16-8-10-29(11-9-16)23(30)21-15-33-25(5,6)34-21/h7,13-14,16,21-22,28H,1,8-12,15H2,2-6H3/t21-,22-,35+/m1/s1. The Morgan fingerprint density at radius 3 is 2.60 bits per heavy atom. The Morgan fingerprint density at radius 1 is 1.40 bits per heavy atom. The van der Waals surface area contributed by atoms with E-state index in [0.717, 1.165) is 0 Å². The van der Waals surface area contributed by atoms with Crippen LogP contribution in [-0.4, -0.2) is 58.0 Å². The molecular formula is C25H36ClFN2O5S. The third-order valence-electron chi connectivity index (χ3n) is 6.14. The van der Waals surface area contributed by atoms with Gasteiger partial charge in [-0.1, -0.05) is 24.3 Å². The van der Waals surface area contributed by atoms with Crippen LogP contribution in [0.15, 0.2) is 24.8 Å². The highest BCUT2D eigenvalue weighted by molar-refractivity contribution is 7.84. The molecule has 2 heterocycles. The molecule has 0 unspecified atom stereocenters. The molecule has 196 valence electrons. The van der Waals surface area contributed by atoms with Gasteiger partial charge in [-0.3, -0.25) is 4.79 Å². The van der Waals surface area contributed by atoms with Gasteiger partial charge >= 0.3 is 0 Å². The van der Waals surface area contributed by atoms with Crippen LogP contribution in [0.4, 0.5) is 4.39 Å². The molecule has 2 aliphatic heterocycles. The maximum atomic E-state index is 14.3. The first-order chi connectivity index (χ1) is 16.3. The zero-order valence-corrected chi connectivity index (χ0v) is 22.6. The molecule has 2 saturated heterocycles. The first-order valence-electron chi connectivity index (χ1n) is 11.8.